The third-order valence-electron chi connectivity index (χ3n) is 5.06. The first-order valence-electron chi connectivity index (χ1n) is 8.31. The molecule has 25 heavy (non-hydrogen) atoms. The molecule has 0 bridgehead atoms. The average Bonchev–Trinajstić information content (AvgIpc) is 2.86. The van der Waals surface area contributed by atoms with Crippen molar-refractivity contribution in [3.63, 3.8) is 0 Å². The Bertz CT molecular complexity index is 1160. The third kappa shape index (κ3) is 1.96. The Labute approximate surface area is 144 Å². The molecule has 1 aliphatic rings. The second kappa shape index (κ2) is 4.98. The van der Waals surface area contributed by atoms with Gasteiger partial charge in [0.1, 0.15) is 0 Å². The zero-order chi connectivity index (χ0) is 17.0. The number of benzene rings is 3. The van der Waals surface area contributed by atoms with Gasteiger partial charge in [-0.2, -0.15) is 0 Å². The van der Waals surface area contributed by atoms with Crippen LogP contribution in [-0.2, 0) is 12.0 Å². The summed E-state index contributed by atoms with van der Waals surface area (Å²) in [6.45, 7) is 0. The van der Waals surface area contributed by atoms with Crippen LogP contribution < -0.4 is 0 Å². The van der Waals surface area contributed by atoms with Gasteiger partial charge in [0, 0.05) is 28.6 Å². The van der Waals surface area contributed by atoms with Gasteiger partial charge >= 0.3 is 0 Å². The standard InChI is InChI=1S/C22H15NO2/c24-21-17-8-3-6-15-7-4-9-18(20(15)17)22(21,25)13-16-12-11-14-5-1-2-10-19(14)23-16/h1-12,25H,13H2. The van der Waals surface area contributed by atoms with Gasteiger partial charge in [-0.3, -0.25) is 9.78 Å². The van der Waals surface area contributed by atoms with Crippen molar-refractivity contribution in [2.24, 2.45) is 0 Å². The fourth-order valence-corrected chi connectivity index (χ4v) is 3.86. The first-order chi connectivity index (χ1) is 12.2. The molecule has 0 fully saturated rings. The predicted molar refractivity (Wildman–Crippen MR) is 97.6 cm³/mol. The summed E-state index contributed by atoms with van der Waals surface area (Å²) in [5.41, 5.74) is 1.29. The zero-order valence-corrected chi connectivity index (χ0v) is 13.4. The lowest BCUT2D eigenvalue weighted by Gasteiger charge is -2.22. The molecular weight excluding hydrogens is 310 g/mol. The largest absolute Gasteiger partial charge is 0.376 e. The van der Waals surface area contributed by atoms with Gasteiger partial charge in [-0.05, 0) is 22.9 Å². The van der Waals surface area contributed by atoms with Crippen molar-refractivity contribution < 1.29 is 9.90 Å². The minimum absolute atomic E-state index is 0.171. The fraction of sp³-hybridized carbons (Fsp3) is 0.0909. The van der Waals surface area contributed by atoms with Crippen LogP contribution in [0.2, 0.25) is 0 Å². The molecule has 1 heterocycles. The van der Waals surface area contributed by atoms with Crippen molar-refractivity contribution >= 4 is 27.5 Å². The van der Waals surface area contributed by atoms with Gasteiger partial charge in [-0.25, -0.2) is 0 Å². The molecule has 0 radical (unpaired) electrons. The van der Waals surface area contributed by atoms with Crippen LogP contribution >= 0.6 is 0 Å². The van der Waals surface area contributed by atoms with E-state index in [1.54, 1.807) is 6.07 Å². The van der Waals surface area contributed by atoms with Gasteiger partial charge in [0.05, 0.1) is 5.52 Å². The maximum Gasteiger partial charge on any atom is 0.199 e. The van der Waals surface area contributed by atoms with Crippen molar-refractivity contribution in [2.45, 2.75) is 12.0 Å². The number of hydrogen-bond donors (Lipinski definition) is 1. The number of para-hydroxylation sites is 1. The van der Waals surface area contributed by atoms with Crippen LogP contribution in [-0.4, -0.2) is 15.9 Å². The lowest BCUT2D eigenvalue weighted by molar-refractivity contribution is 0.0328. The first-order valence-corrected chi connectivity index (χ1v) is 8.31. The summed E-state index contributed by atoms with van der Waals surface area (Å²) in [6, 6.07) is 23.0. The average molecular weight is 325 g/mol. The molecule has 3 heteroatoms. The Morgan fingerprint density at radius 3 is 2.48 bits per heavy atom. The summed E-state index contributed by atoms with van der Waals surface area (Å²) in [7, 11) is 0. The molecule has 0 saturated heterocycles. The van der Waals surface area contributed by atoms with Crippen LogP contribution in [0.25, 0.3) is 21.7 Å². The van der Waals surface area contributed by atoms with E-state index in [1.165, 1.54) is 0 Å². The maximum atomic E-state index is 13.0. The monoisotopic (exact) mass is 325 g/mol. The predicted octanol–water partition coefficient (Wildman–Crippen LogP) is 4.01. The fourth-order valence-electron chi connectivity index (χ4n) is 3.86. The number of aromatic nitrogens is 1. The van der Waals surface area contributed by atoms with E-state index in [9.17, 15) is 9.90 Å². The van der Waals surface area contributed by atoms with E-state index in [-0.39, 0.29) is 12.2 Å². The highest BCUT2D eigenvalue weighted by Gasteiger charge is 2.46. The summed E-state index contributed by atoms with van der Waals surface area (Å²) < 4.78 is 0. The van der Waals surface area contributed by atoms with Crippen molar-refractivity contribution in [2.75, 3.05) is 0 Å². The molecular formula is C22H15NO2. The Balaban J connectivity index is 1.66. The molecule has 1 atom stereocenters. The van der Waals surface area contributed by atoms with Gasteiger partial charge in [0.25, 0.3) is 0 Å². The van der Waals surface area contributed by atoms with Crippen molar-refractivity contribution in [3.8, 4) is 0 Å². The van der Waals surface area contributed by atoms with Gasteiger partial charge in [-0.15, -0.1) is 0 Å². The number of carbonyl (C=O) groups excluding carboxylic acids is 1. The van der Waals surface area contributed by atoms with Crippen LogP contribution in [0.1, 0.15) is 21.6 Å². The number of carbonyl (C=O) groups is 1. The van der Waals surface area contributed by atoms with E-state index in [4.69, 9.17) is 0 Å². The molecule has 120 valence electrons. The molecule has 1 N–H and O–H groups in total. The molecule has 4 aromatic rings. The second-order valence-corrected chi connectivity index (χ2v) is 6.57. The number of hydrogen-bond acceptors (Lipinski definition) is 3. The lowest BCUT2D eigenvalue weighted by atomic mass is 9.88. The Morgan fingerprint density at radius 2 is 1.60 bits per heavy atom. The first kappa shape index (κ1) is 14.3. The number of ketones is 1. The van der Waals surface area contributed by atoms with E-state index >= 15 is 0 Å². The molecule has 1 aliphatic carbocycles. The van der Waals surface area contributed by atoms with Crippen LogP contribution in [0.4, 0.5) is 0 Å². The molecule has 3 aromatic carbocycles. The molecule has 1 unspecified atom stereocenters. The maximum absolute atomic E-state index is 13.0. The van der Waals surface area contributed by atoms with Gasteiger partial charge in [0.2, 0.25) is 0 Å². The van der Waals surface area contributed by atoms with E-state index in [1.807, 2.05) is 66.7 Å². The molecule has 0 aliphatic heterocycles. The molecule has 0 spiro atoms. The van der Waals surface area contributed by atoms with Crippen molar-refractivity contribution in [3.05, 3.63) is 89.6 Å². The van der Waals surface area contributed by atoms with Gasteiger partial charge < -0.3 is 5.11 Å². The molecule has 5 rings (SSSR count). The highest BCUT2D eigenvalue weighted by molar-refractivity contribution is 6.19. The highest BCUT2D eigenvalue weighted by atomic mass is 16.3. The molecule has 3 nitrogen and oxygen atoms in total. The number of aliphatic hydroxyl groups is 1. The topological polar surface area (TPSA) is 50.2 Å². The van der Waals surface area contributed by atoms with E-state index in [0.717, 1.165) is 21.7 Å². The van der Waals surface area contributed by atoms with Crippen LogP contribution in [0, 0.1) is 0 Å². The summed E-state index contributed by atoms with van der Waals surface area (Å²) in [5, 5.41) is 14.2. The smallest absolute Gasteiger partial charge is 0.199 e. The minimum Gasteiger partial charge on any atom is -0.376 e. The number of Topliss-reactive ketones (excluding diaryl/α,β-unsaturated/α-hetero) is 1. The highest BCUT2D eigenvalue weighted by Crippen LogP contribution is 2.42. The quantitative estimate of drug-likeness (QED) is 0.606. The summed E-state index contributed by atoms with van der Waals surface area (Å²) in [6.07, 6.45) is 0.171. The lowest BCUT2D eigenvalue weighted by Crippen LogP contribution is -2.34. The van der Waals surface area contributed by atoms with Crippen LogP contribution in [0.15, 0.2) is 72.8 Å². The van der Waals surface area contributed by atoms with E-state index in [0.29, 0.717) is 16.8 Å². The van der Waals surface area contributed by atoms with Gasteiger partial charge in [-0.1, -0.05) is 60.7 Å². The molecule has 0 saturated carbocycles. The van der Waals surface area contributed by atoms with Crippen molar-refractivity contribution in [1.29, 1.82) is 0 Å². The number of nitrogens with zero attached hydrogens (tertiary/aromatic N) is 1. The molecule has 0 amide bonds. The number of pyridine rings is 1. The van der Waals surface area contributed by atoms with Crippen molar-refractivity contribution in [1.82, 2.24) is 4.98 Å². The normalized spacial score (nSPS) is 19.0. The van der Waals surface area contributed by atoms with Crippen LogP contribution in [0.3, 0.4) is 0 Å². The summed E-state index contributed by atoms with van der Waals surface area (Å²) >= 11 is 0. The molecule has 1 aromatic heterocycles. The Kier molecular flexibility index (Phi) is 2.85. The Morgan fingerprint density at radius 1 is 0.840 bits per heavy atom. The summed E-state index contributed by atoms with van der Waals surface area (Å²) in [4.78, 5) is 17.6. The van der Waals surface area contributed by atoms with Crippen LogP contribution in [0.5, 0.6) is 0 Å². The SMILES string of the molecule is O=C1c2cccc3cccc(c23)C1(O)Cc1ccc2ccccc2n1. The second-order valence-electron chi connectivity index (χ2n) is 6.57. The summed E-state index contributed by atoms with van der Waals surface area (Å²) in [5.74, 6) is -0.241. The Hall–Kier alpha value is -3.04. The third-order valence-corrected chi connectivity index (χ3v) is 5.06. The number of rotatable bonds is 2. The zero-order valence-electron chi connectivity index (χ0n) is 13.4. The van der Waals surface area contributed by atoms with Gasteiger partial charge in [0.15, 0.2) is 11.4 Å². The minimum atomic E-state index is -1.56. The number of fused-ring (bicyclic) bond motifs is 1. The van der Waals surface area contributed by atoms with E-state index in [2.05, 4.69) is 4.98 Å². The van der Waals surface area contributed by atoms with E-state index < -0.39 is 5.60 Å².